The van der Waals surface area contributed by atoms with Gasteiger partial charge in [0.2, 0.25) is 5.91 Å². The number of carbonyl (C=O) groups excluding carboxylic acids is 1. The van der Waals surface area contributed by atoms with Gasteiger partial charge in [-0.05, 0) is 38.0 Å². The van der Waals surface area contributed by atoms with Gasteiger partial charge in [0, 0.05) is 6.54 Å². The summed E-state index contributed by atoms with van der Waals surface area (Å²) in [6.07, 6.45) is 0.662. The number of rotatable bonds is 6. The van der Waals surface area contributed by atoms with Crippen LogP contribution < -0.4 is 5.32 Å². The lowest BCUT2D eigenvalue weighted by Gasteiger charge is -2.08. The van der Waals surface area contributed by atoms with E-state index in [1.807, 2.05) is 19.9 Å². The molecule has 4 heteroatoms. The standard InChI is InChI=1S/C13H18FNO2/c1-10(2)17-9-13(16)15-7-6-11-4-3-5-12(14)8-11/h3-5,8,10H,6-7,9H2,1-2H3,(H,15,16). The van der Waals surface area contributed by atoms with Crippen molar-refractivity contribution in [1.82, 2.24) is 5.32 Å². The lowest BCUT2D eigenvalue weighted by Crippen LogP contribution is -2.30. The van der Waals surface area contributed by atoms with Gasteiger partial charge in [0.05, 0.1) is 6.10 Å². The van der Waals surface area contributed by atoms with Crippen LogP contribution in [0.2, 0.25) is 0 Å². The third-order valence-electron chi connectivity index (χ3n) is 2.17. The Morgan fingerprint density at radius 2 is 2.24 bits per heavy atom. The van der Waals surface area contributed by atoms with E-state index < -0.39 is 0 Å². The molecule has 17 heavy (non-hydrogen) atoms. The van der Waals surface area contributed by atoms with Gasteiger partial charge in [0.1, 0.15) is 12.4 Å². The van der Waals surface area contributed by atoms with Crippen molar-refractivity contribution in [2.45, 2.75) is 26.4 Å². The Morgan fingerprint density at radius 3 is 2.88 bits per heavy atom. The van der Waals surface area contributed by atoms with E-state index in [0.717, 1.165) is 5.56 Å². The summed E-state index contributed by atoms with van der Waals surface area (Å²) < 4.78 is 18.0. The van der Waals surface area contributed by atoms with Crippen LogP contribution in [-0.4, -0.2) is 25.2 Å². The third kappa shape index (κ3) is 6.02. The van der Waals surface area contributed by atoms with E-state index in [0.29, 0.717) is 13.0 Å². The van der Waals surface area contributed by atoms with E-state index >= 15 is 0 Å². The van der Waals surface area contributed by atoms with Crippen LogP contribution >= 0.6 is 0 Å². The fourth-order valence-electron chi connectivity index (χ4n) is 1.33. The number of halogens is 1. The Hall–Kier alpha value is -1.42. The Labute approximate surface area is 101 Å². The third-order valence-corrected chi connectivity index (χ3v) is 2.17. The predicted octanol–water partition coefficient (Wildman–Crippen LogP) is 1.91. The van der Waals surface area contributed by atoms with Gasteiger partial charge in [-0.15, -0.1) is 0 Å². The Bertz CT molecular complexity index is 366. The number of benzene rings is 1. The molecule has 0 aromatic heterocycles. The zero-order chi connectivity index (χ0) is 12.7. The molecule has 1 aromatic rings. The first kappa shape index (κ1) is 13.6. The zero-order valence-electron chi connectivity index (χ0n) is 10.2. The number of amides is 1. The summed E-state index contributed by atoms with van der Waals surface area (Å²) in [6.45, 7) is 4.31. The summed E-state index contributed by atoms with van der Waals surface area (Å²) in [4.78, 5) is 11.3. The molecule has 0 radical (unpaired) electrons. The largest absolute Gasteiger partial charge is 0.369 e. The highest BCUT2D eigenvalue weighted by Crippen LogP contribution is 2.03. The SMILES string of the molecule is CC(C)OCC(=O)NCCc1cccc(F)c1. The number of ether oxygens (including phenoxy) is 1. The first-order valence-electron chi connectivity index (χ1n) is 5.70. The van der Waals surface area contributed by atoms with E-state index in [1.165, 1.54) is 12.1 Å². The summed E-state index contributed by atoms with van der Waals surface area (Å²) in [7, 11) is 0. The first-order valence-corrected chi connectivity index (χ1v) is 5.70. The molecule has 0 aliphatic rings. The average molecular weight is 239 g/mol. The van der Waals surface area contributed by atoms with Gasteiger partial charge >= 0.3 is 0 Å². The van der Waals surface area contributed by atoms with Crippen molar-refractivity contribution in [3.05, 3.63) is 35.6 Å². The minimum atomic E-state index is -0.253. The molecule has 0 aliphatic heterocycles. The Kier molecular flexibility index (Phi) is 5.63. The average Bonchev–Trinajstić information content (AvgIpc) is 2.26. The normalized spacial score (nSPS) is 10.6. The van der Waals surface area contributed by atoms with Crippen molar-refractivity contribution in [2.24, 2.45) is 0 Å². The van der Waals surface area contributed by atoms with Crippen LogP contribution in [-0.2, 0) is 16.0 Å². The lowest BCUT2D eigenvalue weighted by atomic mass is 10.1. The maximum atomic E-state index is 12.9. The van der Waals surface area contributed by atoms with Gasteiger partial charge < -0.3 is 10.1 Å². The zero-order valence-corrected chi connectivity index (χ0v) is 10.2. The molecule has 0 atom stereocenters. The van der Waals surface area contributed by atoms with Gasteiger partial charge in [-0.25, -0.2) is 4.39 Å². The summed E-state index contributed by atoms with van der Waals surface area (Å²) in [6, 6.07) is 6.36. The molecule has 0 saturated carbocycles. The smallest absolute Gasteiger partial charge is 0.246 e. The van der Waals surface area contributed by atoms with E-state index in [2.05, 4.69) is 5.32 Å². The molecule has 0 spiro atoms. The number of carbonyl (C=O) groups is 1. The minimum absolute atomic E-state index is 0.0453. The molecule has 1 aromatic carbocycles. The second-order valence-electron chi connectivity index (χ2n) is 4.09. The van der Waals surface area contributed by atoms with E-state index in [-0.39, 0.29) is 24.4 Å². The predicted molar refractivity (Wildman–Crippen MR) is 64.2 cm³/mol. The van der Waals surface area contributed by atoms with Crippen LogP contribution in [0.25, 0.3) is 0 Å². The summed E-state index contributed by atoms with van der Waals surface area (Å²) in [5, 5.41) is 2.72. The lowest BCUT2D eigenvalue weighted by molar-refractivity contribution is -0.127. The molecule has 0 heterocycles. The molecular weight excluding hydrogens is 221 g/mol. The highest BCUT2D eigenvalue weighted by Gasteiger charge is 2.02. The highest BCUT2D eigenvalue weighted by atomic mass is 19.1. The van der Waals surface area contributed by atoms with Crippen LogP contribution in [0.1, 0.15) is 19.4 Å². The molecule has 0 unspecified atom stereocenters. The van der Waals surface area contributed by atoms with E-state index in [9.17, 15) is 9.18 Å². The molecule has 0 bridgehead atoms. The Balaban J connectivity index is 2.21. The molecule has 1 N–H and O–H groups in total. The maximum absolute atomic E-state index is 12.9. The fourth-order valence-corrected chi connectivity index (χ4v) is 1.33. The van der Waals surface area contributed by atoms with E-state index in [4.69, 9.17) is 4.74 Å². The van der Waals surface area contributed by atoms with Gasteiger partial charge in [0.25, 0.3) is 0 Å². The van der Waals surface area contributed by atoms with Crippen LogP contribution in [0.15, 0.2) is 24.3 Å². The van der Waals surface area contributed by atoms with Crippen molar-refractivity contribution in [2.75, 3.05) is 13.2 Å². The monoisotopic (exact) mass is 239 g/mol. The fraction of sp³-hybridized carbons (Fsp3) is 0.462. The topological polar surface area (TPSA) is 38.3 Å². The molecule has 94 valence electrons. The quantitative estimate of drug-likeness (QED) is 0.823. The van der Waals surface area contributed by atoms with Gasteiger partial charge in [0.15, 0.2) is 0 Å². The molecule has 0 saturated heterocycles. The van der Waals surface area contributed by atoms with Crippen LogP contribution in [0.4, 0.5) is 4.39 Å². The molecule has 3 nitrogen and oxygen atoms in total. The van der Waals surface area contributed by atoms with Crippen LogP contribution in [0, 0.1) is 5.82 Å². The maximum Gasteiger partial charge on any atom is 0.246 e. The number of hydrogen-bond donors (Lipinski definition) is 1. The summed E-state index contributed by atoms with van der Waals surface area (Å²) in [5.74, 6) is -0.396. The second kappa shape index (κ2) is 7.01. The van der Waals surface area contributed by atoms with Gasteiger partial charge in [-0.2, -0.15) is 0 Å². The molecule has 1 amide bonds. The van der Waals surface area contributed by atoms with Gasteiger partial charge in [-0.1, -0.05) is 12.1 Å². The van der Waals surface area contributed by atoms with E-state index in [1.54, 1.807) is 6.07 Å². The van der Waals surface area contributed by atoms with Gasteiger partial charge in [-0.3, -0.25) is 4.79 Å². The van der Waals surface area contributed by atoms with Crippen LogP contribution in [0.5, 0.6) is 0 Å². The highest BCUT2D eigenvalue weighted by molar-refractivity contribution is 5.77. The number of nitrogens with one attached hydrogen (secondary N) is 1. The molecule has 0 fully saturated rings. The molecular formula is C13H18FNO2. The Morgan fingerprint density at radius 1 is 1.47 bits per heavy atom. The minimum Gasteiger partial charge on any atom is -0.369 e. The number of hydrogen-bond acceptors (Lipinski definition) is 2. The second-order valence-corrected chi connectivity index (χ2v) is 4.09. The van der Waals surface area contributed by atoms with Crippen LogP contribution in [0.3, 0.4) is 0 Å². The van der Waals surface area contributed by atoms with Crippen molar-refractivity contribution in [1.29, 1.82) is 0 Å². The van der Waals surface area contributed by atoms with Crippen molar-refractivity contribution in [3.8, 4) is 0 Å². The summed E-state index contributed by atoms with van der Waals surface area (Å²) >= 11 is 0. The van der Waals surface area contributed by atoms with Crippen molar-refractivity contribution in [3.63, 3.8) is 0 Å². The van der Waals surface area contributed by atoms with Crippen molar-refractivity contribution < 1.29 is 13.9 Å². The first-order chi connectivity index (χ1) is 8.08. The summed E-state index contributed by atoms with van der Waals surface area (Å²) in [5.41, 5.74) is 0.870. The molecule has 1 rings (SSSR count). The van der Waals surface area contributed by atoms with Crippen molar-refractivity contribution >= 4 is 5.91 Å². The molecule has 0 aliphatic carbocycles.